The maximum absolute atomic E-state index is 11.4. The zero-order valence-corrected chi connectivity index (χ0v) is 9.80. The van der Waals surface area contributed by atoms with Crippen LogP contribution in [0.2, 0.25) is 0 Å². The van der Waals surface area contributed by atoms with Crippen molar-refractivity contribution in [1.82, 2.24) is 10.3 Å². The molecule has 6 nitrogen and oxygen atoms in total. The Labute approximate surface area is 99.3 Å². The van der Waals surface area contributed by atoms with Crippen LogP contribution in [0.3, 0.4) is 0 Å². The maximum Gasteiger partial charge on any atom is 0.339 e. The van der Waals surface area contributed by atoms with Crippen molar-refractivity contribution < 1.29 is 14.7 Å². The Morgan fingerprint density at radius 1 is 1.53 bits per heavy atom. The molecule has 1 rings (SSSR count). The van der Waals surface area contributed by atoms with Crippen LogP contribution in [0.15, 0.2) is 18.3 Å². The van der Waals surface area contributed by atoms with Crippen molar-refractivity contribution in [1.29, 1.82) is 0 Å². The molecule has 0 bridgehead atoms. The summed E-state index contributed by atoms with van der Waals surface area (Å²) in [7, 11) is 1.63. The van der Waals surface area contributed by atoms with Crippen LogP contribution in [0.4, 0.5) is 5.82 Å². The minimum Gasteiger partial charge on any atom is -0.478 e. The summed E-state index contributed by atoms with van der Waals surface area (Å²) in [6, 6.07) is 3.01. The average Bonchev–Trinajstić information content (AvgIpc) is 2.29. The fourth-order valence-corrected chi connectivity index (χ4v) is 1.41. The molecule has 0 radical (unpaired) electrons. The zero-order chi connectivity index (χ0) is 12.8. The van der Waals surface area contributed by atoms with Crippen LogP contribution in [-0.2, 0) is 4.79 Å². The van der Waals surface area contributed by atoms with E-state index in [-0.39, 0.29) is 23.8 Å². The molecular formula is C11H15N3O3. The first-order valence-electron chi connectivity index (χ1n) is 5.22. The Morgan fingerprint density at radius 3 is 2.82 bits per heavy atom. The molecule has 0 aliphatic rings. The molecule has 0 fully saturated rings. The number of anilines is 1. The molecule has 1 heterocycles. The molecule has 92 valence electrons. The molecule has 0 saturated carbocycles. The number of aromatic carboxylic acids is 1. The van der Waals surface area contributed by atoms with Gasteiger partial charge < -0.3 is 15.3 Å². The molecule has 1 aromatic heterocycles. The molecule has 0 unspecified atom stereocenters. The molecule has 0 aliphatic heterocycles. The lowest BCUT2D eigenvalue weighted by molar-refractivity contribution is -0.119. The second kappa shape index (κ2) is 5.83. The lowest BCUT2D eigenvalue weighted by Crippen LogP contribution is -2.36. The molecule has 1 aromatic rings. The molecule has 0 aliphatic carbocycles. The summed E-state index contributed by atoms with van der Waals surface area (Å²) in [5, 5.41) is 11.6. The summed E-state index contributed by atoms with van der Waals surface area (Å²) in [5.41, 5.74) is 0.0827. The number of hydrogen-bond donors (Lipinski definition) is 2. The van der Waals surface area contributed by atoms with Gasteiger partial charge in [0.25, 0.3) is 0 Å². The number of hydrogen-bond acceptors (Lipinski definition) is 4. The third-order valence-corrected chi connectivity index (χ3v) is 2.13. The first kappa shape index (κ1) is 13.0. The molecule has 6 heteroatoms. The van der Waals surface area contributed by atoms with E-state index in [1.165, 1.54) is 17.2 Å². The molecule has 0 aromatic carbocycles. The summed E-state index contributed by atoms with van der Waals surface area (Å²) in [6.07, 6.45) is 1.50. The highest BCUT2D eigenvalue weighted by Crippen LogP contribution is 2.15. The monoisotopic (exact) mass is 237 g/mol. The number of aromatic nitrogens is 1. The highest BCUT2D eigenvalue weighted by molar-refractivity contribution is 5.94. The van der Waals surface area contributed by atoms with Gasteiger partial charge in [-0.3, -0.25) is 4.79 Å². The predicted octanol–water partition coefficient (Wildman–Crippen LogP) is 0.352. The quantitative estimate of drug-likeness (QED) is 0.772. The first-order chi connectivity index (χ1) is 8.06. The summed E-state index contributed by atoms with van der Waals surface area (Å²) in [6.45, 7) is 2.44. The lowest BCUT2D eigenvalue weighted by Gasteiger charge is -2.18. The van der Waals surface area contributed by atoms with Crippen LogP contribution in [0.1, 0.15) is 17.3 Å². The summed E-state index contributed by atoms with van der Waals surface area (Å²) < 4.78 is 0. The largest absolute Gasteiger partial charge is 0.478 e. The first-order valence-corrected chi connectivity index (χ1v) is 5.22. The van der Waals surface area contributed by atoms with E-state index in [1.807, 2.05) is 6.92 Å². The van der Waals surface area contributed by atoms with E-state index in [0.29, 0.717) is 6.54 Å². The van der Waals surface area contributed by atoms with Gasteiger partial charge in [0.15, 0.2) is 0 Å². The van der Waals surface area contributed by atoms with Gasteiger partial charge in [0.2, 0.25) is 5.91 Å². The second-order valence-corrected chi connectivity index (χ2v) is 3.49. The van der Waals surface area contributed by atoms with Crippen LogP contribution in [-0.4, -0.2) is 42.1 Å². The SMILES string of the molecule is CCNC(=O)CN(C)c1ncccc1C(=O)O. The fourth-order valence-electron chi connectivity index (χ4n) is 1.41. The summed E-state index contributed by atoms with van der Waals surface area (Å²) >= 11 is 0. The smallest absolute Gasteiger partial charge is 0.339 e. The number of likely N-dealkylation sites (N-methyl/N-ethyl adjacent to an activating group) is 2. The van der Waals surface area contributed by atoms with Gasteiger partial charge in [0.05, 0.1) is 6.54 Å². The third-order valence-electron chi connectivity index (χ3n) is 2.13. The minimum absolute atomic E-state index is 0.0745. The lowest BCUT2D eigenvalue weighted by atomic mass is 10.2. The van der Waals surface area contributed by atoms with Crippen molar-refractivity contribution in [3.05, 3.63) is 23.9 Å². The summed E-state index contributed by atoms with van der Waals surface area (Å²) in [4.78, 5) is 27.8. The number of nitrogens with zero attached hydrogens (tertiary/aromatic N) is 2. The highest BCUT2D eigenvalue weighted by atomic mass is 16.4. The van der Waals surface area contributed by atoms with E-state index < -0.39 is 5.97 Å². The molecular weight excluding hydrogens is 222 g/mol. The van der Waals surface area contributed by atoms with E-state index in [2.05, 4.69) is 10.3 Å². The van der Waals surface area contributed by atoms with Crippen LogP contribution in [0.5, 0.6) is 0 Å². The predicted molar refractivity (Wildman–Crippen MR) is 63.2 cm³/mol. The number of pyridine rings is 1. The Morgan fingerprint density at radius 2 is 2.24 bits per heavy atom. The van der Waals surface area contributed by atoms with Crippen molar-refractivity contribution >= 4 is 17.7 Å². The molecule has 17 heavy (non-hydrogen) atoms. The van der Waals surface area contributed by atoms with Crippen molar-refractivity contribution in [3.8, 4) is 0 Å². The van der Waals surface area contributed by atoms with Crippen molar-refractivity contribution in [2.75, 3.05) is 25.0 Å². The van der Waals surface area contributed by atoms with Crippen molar-refractivity contribution in [2.24, 2.45) is 0 Å². The van der Waals surface area contributed by atoms with E-state index in [4.69, 9.17) is 5.11 Å². The van der Waals surface area contributed by atoms with Crippen molar-refractivity contribution in [3.63, 3.8) is 0 Å². The van der Waals surface area contributed by atoms with Crippen LogP contribution >= 0.6 is 0 Å². The normalized spacial score (nSPS) is 9.76. The van der Waals surface area contributed by atoms with Crippen LogP contribution in [0.25, 0.3) is 0 Å². The number of carbonyl (C=O) groups excluding carboxylic acids is 1. The van der Waals surface area contributed by atoms with Gasteiger partial charge in [0, 0.05) is 19.8 Å². The Hall–Kier alpha value is -2.11. The number of carbonyl (C=O) groups is 2. The summed E-state index contributed by atoms with van der Waals surface area (Å²) in [5.74, 6) is -0.945. The molecule has 0 spiro atoms. The van der Waals surface area contributed by atoms with Gasteiger partial charge in [0.1, 0.15) is 11.4 Å². The Bertz CT molecular complexity index is 420. The van der Waals surface area contributed by atoms with Gasteiger partial charge in [-0.2, -0.15) is 0 Å². The zero-order valence-electron chi connectivity index (χ0n) is 9.80. The maximum atomic E-state index is 11.4. The minimum atomic E-state index is -1.06. The second-order valence-electron chi connectivity index (χ2n) is 3.49. The van der Waals surface area contributed by atoms with Gasteiger partial charge in [-0.1, -0.05) is 0 Å². The van der Waals surface area contributed by atoms with Crippen LogP contribution < -0.4 is 10.2 Å². The molecule has 1 amide bonds. The van der Waals surface area contributed by atoms with E-state index in [0.717, 1.165) is 0 Å². The average molecular weight is 237 g/mol. The number of rotatable bonds is 5. The Balaban J connectivity index is 2.85. The molecule has 0 atom stereocenters. The fraction of sp³-hybridized carbons (Fsp3) is 0.364. The van der Waals surface area contributed by atoms with Gasteiger partial charge in [-0.25, -0.2) is 9.78 Å². The number of nitrogens with one attached hydrogen (secondary N) is 1. The topological polar surface area (TPSA) is 82.5 Å². The van der Waals surface area contributed by atoms with Crippen molar-refractivity contribution in [2.45, 2.75) is 6.92 Å². The number of carboxylic acids is 1. The molecule has 2 N–H and O–H groups in total. The van der Waals surface area contributed by atoms with E-state index in [1.54, 1.807) is 13.1 Å². The van der Waals surface area contributed by atoms with Gasteiger partial charge in [-0.15, -0.1) is 0 Å². The van der Waals surface area contributed by atoms with Crippen LogP contribution in [0, 0.1) is 0 Å². The highest BCUT2D eigenvalue weighted by Gasteiger charge is 2.15. The van der Waals surface area contributed by atoms with Gasteiger partial charge >= 0.3 is 5.97 Å². The number of amides is 1. The number of carboxylic acid groups (broad SMARTS) is 1. The molecule has 0 saturated heterocycles. The standard InChI is InChI=1S/C11H15N3O3/c1-3-12-9(15)7-14(2)10-8(11(16)17)5-4-6-13-10/h4-6H,3,7H2,1-2H3,(H,12,15)(H,16,17). The Kier molecular flexibility index (Phi) is 4.45. The third kappa shape index (κ3) is 3.44. The van der Waals surface area contributed by atoms with E-state index in [9.17, 15) is 9.59 Å². The van der Waals surface area contributed by atoms with E-state index >= 15 is 0 Å². The van der Waals surface area contributed by atoms with Gasteiger partial charge in [-0.05, 0) is 19.1 Å².